The minimum Gasteiger partial charge on any atom is -0.352 e. The number of aryl methyl sites for hydroxylation is 2. The van der Waals surface area contributed by atoms with Crippen molar-refractivity contribution in [3.05, 3.63) is 59.2 Å². The maximum Gasteiger partial charge on any atom is 0.253 e. The second-order valence-electron chi connectivity index (χ2n) is 7.28. The fourth-order valence-electron chi connectivity index (χ4n) is 3.55. The van der Waals surface area contributed by atoms with Gasteiger partial charge in [-0.05, 0) is 43.5 Å². The smallest absolute Gasteiger partial charge is 0.253 e. The molecule has 2 heterocycles. The second kappa shape index (κ2) is 7.43. The SMILES string of the molecule is CCCn1c(NCc2cccc(C)c2)nc2cc(C(=O)N3CCC3)ccc21. The van der Waals surface area contributed by atoms with Crippen LogP contribution in [0.25, 0.3) is 11.0 Å². The van der Waals surface area contributed by atoms with E-state index in [9.17, 15) is 4.79 Å². The molecule has 5 heteroatoms. The van der Waals surface area contributed by atoms with Gasteiger partial charge in [-0.1, -0.05) is 36.8 Å². The van der Waals surface area contributed by atoms with Crippen LogP contribution in [0, 0.1) is 6.92 Å². The van der Waals surface area contributed by atoms with Crippen LogP contribution in [0.1, 0.15) is 41.3 Å². The highest BCUT2D eigenvalue weighted by Gasteiger charge is 2.22. The lowest BCUT2D eigenvalue weighted by Crippen LogP contribution is -2.41. The first-order valence-electron chi connectivity index (χ1n) is 9.74. The Morgan fingerprint density at radius 1 is 1.19 bits per heavy atom. The number of hydrogen-bond donors (Lipinski definition) is 1. The molecule has 1 saturated heterocycles. The van der Waals surface area contributed by atoms with Crippen LogP contribution in [0.4, 0.5) is 5.95 Å². The van der Waals surface area contributed by atoms with E-state index < -0.39 is 0 Å². The van der Waals surface area contributed by atoms with E-state index in [1.807, 2.05) is 23.1 Å². The number of imidazole rings is 1. The van der Waals surface area contributed by atoms with Crippen LogP contribution in [-0.2, 0) is 13.1 Å². The monoisotopic (exact) mass is 362 g/mol. The van der Waals surface area contributed by atoms with E-state index in [2.05, 4.69) is 48.0 Å². The molecule has 27 heavy (non-hydrogen) atoms. The van der Waals surface area contributed by atoms with Crippen LogP contribution in [0.5, 0.6) is 0 Å². The van der Waals surface area contributed by atoms with Gasteiger partial charge in [0.05, 0.1) is 11.0 Å². The third-order valence-corrected chi connectivity index (χ3v) is 5.12. The minimum atomic E-state index is 0.113. The van der Waals surface area contributed by atoms with Crippen molar-refractivity contribution in [3.63, 3.8) is 0 Å². The molecule has 140 valence electrons. The van der Waals surface area contributed by atoms with Crippen LogP contribution in [0.15, 0.2) is 42.5 Å². The summed E-state index contributed by atoms with van der Waals surface area (Å²) in [6.07, 6.45) is 2.13. The van der Waals surface area contributed by atoms with E-state index in [1.165, 1.54) is 11.1 Å². The molecular formula is C22H26N4O. The molecule has 0 saturated carbocycles. The van der Waals surface area contributed by atoms with Crippen molar-refractivity contribution in [3.8, 4) is 0 Å². The predicted molar refractivity (Wildman–Crippen MR) is 109 cm³/mol. The molecule has 5 nitrogen and oxygen atoms in total. The Hall–Kier alpha value is -2.82. The quantitative estimate of drug-likeness (QED) is 0.714. The van der Waals surface area contributed by atoms with Crippen molar-refractivity contribution in [2.24, 2.45) is 0 Å². The molecule has 0 radical (unpaired) electrons. The molecule has 0 bridgehead atoms. The molecular weight excluding hydrogens is 336 g/mol. The van der Waals surface area contributed by atoms with Crippen molar-refractivity contribution in [2.45, 2.75) is 39.8 Å². The van der Waals surface area contributed by atoms with Gasteiger partial charge >= 0.3 is 0 Å². The third kappa shape index (κ3) is 3.54. The van der Waals surface area contributed by atoms with Gasteiger partial charge in [-0.15, -0.1) is 0 Å². The number of nitrogens with one attached hydrogen (secondary N) is 1. The van der Waals surface area contributed by atoms with Gasteiger partial charge < -0.3 is 14.8 Å². The van der Waals surface area contributed by atoms with Gasteiger partial charge in [0, 0.05) is 31.7 Å². The molecule has 1 N–H and O–H groups in total. The van der Waals surface area contributed by atoms with Crippen LogP contribution >= 0.6 is 0 Å². The number of rotatable bonds is 6. The van der Waals surface area contributed by atoms with Crippen LogP contribution in [0.3, 0.4) is 0 Å². The molecule has 1 fully saturated rings. The zero-order valence-corrected chi connectivity index (χ0v) is 16.0. The number of likely N-dealkylation sites (tertiary alicyclic amines) is 1. The standard InChI is InChI=1S/C22H26N4O/c1-3-10-26-20-9-8-18(21(27)25-11-5-12-25)14-19(20)24-22(26)23-15-17-7-4-6-16(2)13-17/h4,6-9,13-14H,3,5,10-12,15H2,1-2H3,(H,23,24). The van der Waals surface area contributed by atoms with Crippen molar-refractivity contribution >= 4 is 22.9 Å². The van der Waals surface area contributed by atoms with Gasteiger partial charge in [0.1, 0.15) is 0 Å². The molecule has 0 spiro atoms. The van der Waals surface area contributed by atoms with E-state index in [-0.39, 0.29) is 5.91 Å². The summed E-state index contributed by atoms with van der Waals surface area (Å²) >= 11 is 0. The highest BCUT2D eigenvalue weighted by Crippen LogP contribution is 2.24. The normalized spacial score (nSPS) is 13.6. The molecule has 1 aliphatic rings. The number of fused-ring (bicyclic) bond motifs is 1. The number of amides is 1. The summed E-state index contributed by atoms with van der Waals surface area (Å²) in [6.45, 7) is 7.62. The van der Waals surface area contributed by atoms with Gasteiger partial charge in [0.2, 0.25) is 5.95 Å². The number of carbonyl (C=O) groups excluding carboxylic acids is 1. The van der Waals surface area contributed by atoms with E-state index in [0.717, 1.165) is 61.6 Å². The summed E-state index contributed by atoms with van der Waals surface area (Å²) in [5, 5.41) is 3.48. The molecule has 2 aromatic carbocycles. The van der Waals surface area contributed by atoms with E-state index in [0.29, 0.717) is 0 Å². The highest BCUT2D eigenvalue weighted by molar-refractivity contribution is 5.98. The van der Waals surface area contributed by atoms with E-state index in [1.54, 1.807) is 0 Å². The average molecular weight is 362 g/mol. The zero-order valence-electron chi connectivity index (χ0n) is 16.0. The van der Waals surface area contributed by atoms with Gasteiger partial charge in [0.15, 0.2) is 0 Å². The van der Waals surface area contributed by atoms with Crippen LogP contribution in [0.2, 0.25) is 0 Å². The number of carbonyl (C=O) groups is 1. The van der Waals surface area contributed by atoms with Crippen molar-refractivity contribution in [1.29, 1.82) is 0 Å². The summed E-state index contributed by atoms with van der Waals surface area (Å²) in [5.74, 6) is 0.976. The number of nitrogens with zero attached hydrogens (tertiary/aromatic N) is 3. The first-order valence-corrected chi connectivity index (χ1v) is 9.74. The van der Waals surface area contributed by atoms with Gasteiger partial charge in [-0.25, -0.2) is 4.98 Å². The lowest BCUT2D eigenvalue weighted by molar-refractivity contribution is 0.0652. The van der Waals surface area contributed by atoms with Gasteiger partial charge in [0.25, 0.3) is 5.91 Å². The number of hydrogen-bond acceptors (Lipinski definition) is 3. The summed E-state index contributed by atoms with van der Waals surface area (Å²) < 4.78 is 2.21. The summed E-state index contributed by atoms with van der Waals surface area (Å²) in [7, 11) is 0. The molecule has 3 aromatic rings. The predicted octanol–water partition coefficient (Wildman–Crippen LogP) is 4.21. The Morgan fingerprint density at radius 2 is 2.04 bits per heavy atom. The third-order valence-electron chi connectivity index (χ3n) is 5.12. The Labute approximate surface area is 160 Å². The molecule has 1 aliphatic heterocycles. The fraction of sp³-hybridized carbons (Fsp3) is 0.364. The Bertz CT molecular complexity index is 972. The molecule has 1 aromatic heterocycles. The Balaban J connectivity index is 1.62. The first-order chi connectivity index (χ1) is 13.2. The van der Waals surface area contributed by atoms with Crippen LogP contribution in [-0.4, -0.2) is 33.4 Å². The Kier molecular flexibility index (Phi) is 4.84. The maximum absolute atomic E-state index is 12.5. The van der Waals surface area contributed by atoms with Crippen molar-refractivity contribution < 1.29 is 4.79 Å². The molecule has 0 unspecified atom stereocenters. The average Bonchev–Trinajstić information content (AvgIpc) is 2.96. The number of benzene rings is 2. The topological polar surface area (TPSA) is 50.2 Å². The summed E-state index contributed by atoms with van der Waals surface area (Å²) in [5.41, 5.74) is 5.17. The lowest BCUT2D eigenvalue weighted by Gasteiger charge is -2.30. The Morgan fingerprint density at radius 3 is 2.74 bits per heavy atom. The highest BCUT2D eigenvalue weighted by atomic mass is 16.2. The van der Waals surface area contributed by atoms with Gasteiger partial charge in [-0.3, -0.25) is 4.79 Å². The largest absolute Gasteiger partial charge is 0.352 e. The summed E-state index contributed by atoms with van der Waals surface area (Å²) in [4.78, 5) is 19.2. The maximum atomic E-state index is 12.5. The van der Waals surface area contributed by atoms with Crippen molar-refractivity contribution in [1.82, 2.24) is 14.5 Å². The van der Waals surface area contributed by atoms with E-state index >= 15 is 0 Å². The molecule has 4 rings (SSSR count). The van der Waals surface area contributed by atoms with E-state index in [4.69, 9.17) is 4.98 Å². The zero-order chi connectivity index (χ0) is 18.8. The second-order valence-corrected chi connectivity index (χ2v) is 7.28. The van der Waals surface area contributed by atoms with Crippen molar-refractivity contribution in [2.75, 3.05) is 18.4 Å². The molecule has 0 atom stereocenters. The number of aromatic nitrogens is 2. The number of anilines is 1. The van der Waals surface area contributed by atoms with Crippen LogP contribution < -0.4 is 5.32 Å². The first kappa shape index (κ1) is 17.6. The summed E-state index contributed by atoms with van der Waals surface area (Å²) in [6, 6.07) is 14.4. The lowest BCUT2D eigenvalue weighted by atomic mass is 10.1. The molecule has 1 amide bonds. The van der Waals surface area contributed by atoms with Gasteiger partial charge in [-0.2, -0.15) is 0 Å². The molecule has 0 aliphatic carbocycles. The fourth-order valence-corrected chi connectivity index (χ4v) is 3.55. The minimum absolute atomic E-state index is 0.113.